The van der Waals surface area contributed by atoms with Gasteiger partial charge in [0.25, 0.3) is 11.7 Å². The molecular formula is C23H17F2NO4S. The van der Waals surface area contributed by atoms with Gasteiger partial charge >= 0.3 is 0 Å². The molecule has 1 amide bonds. The zero-order chi connectivity index (χ0) is 22.1. The molecule has 8 heteroatoms. The number of anilines is 1. The van der Waals surface area contributed by atoms with E-state index in [-0.39, 0.29) is 11.3 Å². The van der Waals surface area contributed by atoms with E-state index in [0.29, 0.717) is 22.8 Å². The number of hydrogen-bond acceptors (Lipinski definition) is 5. The largest absolute Gasteiger partial charge is 0.507 e. The van der Waals surface area contributed by atoms with Gasteiger partial charge in [0.05, 0.1) is 17.9 Å². The molecule has 1 unspecified atom stereocenters. The summed E-state index contributed by atoms with van der Waals surface area (Å²) in [6.45, 7) is 2.30. The maximum absolute atomic E-state index is 14.5. The fourth-order valence-corrected chi connectivity index (χ4v) is 4.32. The molecule has 0 bridgehead atoms. The van der Waals surface area contributed by atoms with E-state index in [1.165, 1.54) is 11.3 Å². The number of benzene rings is 2. The van der Waals surface area contributed by atoms with E-state index in [4.69, 9.17) is 4.74 Å². The van der Waals surface area contributed by atoms with Crippen molar-refractivity contribution in [2.45, 2.75) is 13.0 Å². The second kappa shape index (κ2) is 8.31. The number of ether oxygens (including phenoxy) is 1. The number of nitrogens with zero attached hydrogens (tertiary/aromatic N) is 1. The van der Waals surface area contributed by atoms with Crippen LogP contribution in [-0.2, 0) is 9.59 Å². The quantitative estimate of drug-likeness (QED) is 0.342. The van der Waals surface area contributed by atoms with E-state index in [1.54, 1.807) is 41.8 Å². The minimum atomic E-state index is -1.09. The Morgan fingerprint density at radius 1 is 1.13 bits per heavy atom. The second-order valence-electron chi connectivity index (χ2n) is 6.74. The van der Waals surface area contributed by atoms with Gasteiger partial charge in [-0.25, -0.2) is 8.78 Å². The average Bonchev–Trinajstić information content (AvgIpc) is 3.37. The Labute approximate surface area is 180 Å². The van der Waals surface area contributed by atoms with Crippen LogP contribution in [0.5, 0.6) is 5.75 Å². The lowest BCUT2D eigenvalue weighted by Crippen LogP contribution is -2.30. The van der Waals surface area contributed by atoms with Gasteiger partial charge < -0.3 is 9.84 Å². The maximum Gasteiger partial charge on any atom is 0.300 e. The predicted octanol–water partition coefficient (Wildman–Crippen LogP) is 5.05. The summed E-state index contributed by atoms with van der Waals surface area (Å²) < 4.78 is 33.8. The number of thiophene rings is 1. The van der Waals surface area contributed by atoms with Crippen LogP contribution in [0.1, 0.15) is 23.4 Å². The molecular weight excluding hydrogens is 424 g/mol. The van der Waals surface area contributed by atoms with Crippen molar-refractivity contribution in [1.82, 2.24) is 0 Å². The number of aliphatic hydroxyl groups excluding tert-OH is 1. The van der Waals surface area contributed by atoms with Crippen LogP contribution in [0.3, 0.4) is 0 Å². The average molecular weight is 441 g/mol. The molecule has 1 aromatic heterocycles. The Morgan fingerprint density at radius 3 is 2.52 bits per heavy atom. The van der Waals surface area contributed by atoms with Crippen molar-refractivity contribution in [1.29, 1.82) is 0 Å². The number of hydrogen-bond donors (Lipinski definition) is 1. The molecule has 0 spiro atoms. The summed E-state index contributed by atoms with van der Waals surface area (Å²) in [7, 11) is 0. The van der Waals surface area contributed by atoms with Gasteiger partial charge in [0.2, 0.25) is 0 Å². The van der Waals surface area contributed by atoms with Crippen molar-refractivity contribution in [3.63, 3.8) is 0 Å². The van der Waals surface area contributed by atoms with E-state index in [9.17, 15) is 23.5 Å². The Bertz CT molecular complexity index is 1170. The minimum absolute atomic E-state index is 0.194. The van der Waals surface area contributed by atoms with Crippen molar-refractivity contribution in [3.05, 3.63) is 87.6 Å². The SMILES string of the molecule is CCOc1ccc(/C(O)=C2/C(=O)C(=O)N(c3cc(F)ccc3F)C2c2cccs2)cc1. The smallest absolute Gasteiger partial charge is 0.300 e. The van der Waals surface area contributed by atoms with E-state index in [1.807, 2.05) is 6.92 Å². The number of ketones is 1. The predicted molar refractivity (Wildman–Crippen MR) is 113 cm³/mol. The van der Waals surface area contributed by atoms with Gasteiger partial charge in [0.15, 0.2) is 0 Å². The molecule has 2 heterocycles. The van der Waals surface area contributed by atoms with Gasteiger partial charge in [-0.2, -0.15) is 0 Å². The second-order valence-corrected chi connectivity index (χ2v) is 7.72. The van der Waals surface area contributed by atoms with Crippen molar-refractivity contribution in [2.75, 3.05) is 11.5 Å². The van der Waals surface area contributed by atoms with Crippen LogP contribution in [0.15, 0.2) is 65.6 Å². The minimum Gasteiger partial charge on any atom is -0.507 e. The fraction of sp³-hybridized carbons (Fsp3) is 0.130. The van der Waals surface area contributed by atoms with E-state index >= 15 is 0 Å². The highest BCUT2D eigenvalue weighted by Crippen LogP contribution is 2.44. The first-order chi connectivity index (χ1) is 14.9. The van der Waals surface area contributed by atoms with Gasteiger partial charge in [-0.05, 0) is 54.8 Å². The van der Waals surface area contributed by atoms with Crippen LogP contribution in [0, 0.1) is 11.6 Å². The zero-order valence-corrected chi connectivity index (χ0v) is 17.2. The monoisotopic (exact) mass is 441 g/mol. The van der Waals surface area contributed by atoms with E-state index in [2.05, 4.69) is 0 Å². The van der Waals surface area contributed by atoms with Crippen LogP contribution in [0.2, 0.25) is 0 Å². The summed E-state index contributed by atoms with van der Waals surface area (Å²) >= 11 is 1.23. The number of halogens is 2. The lowest BCUT2D eigenvalue weighted by molar-refractivity contribution is -0.132. The molecule has 3 aromatic rings. The first-order valence-corrected chi connectivity index (χ1v) is 10.3. The summed E-state index contributed by atoms with van der Waals surface area (Å²) in [5, 5.41) is 12.7. The van der Waals surface area contributed by atoms with Gasteiger partial charge in [-0.15, -0.1) is 11.3 Å². The Balaban J connectivity index is 1.89. The lowest BCUT2D eigenvalue weighted by Gasteiger charge is -2.24. The van der Waals surface area contributed by atoms with Gasteiger partial charge in [0.1, 0.15) is 29.2 Å². The van der Waals surface area contributed by atoms with Crippen LogP contribution in [0.25, 0.3) is 5.76 Å². The van der Waals surface area contributed by atoms with Gasteiger partial charge in [0, 0.05) is 16.5 Å². The zero-order valence-electron chi connectivity index (χ0n) is 16.3. The van der Waals surface area contributed by atoms with Crippen LogP contribution in [-0.4, -0.2) is 23.4 Å². The molecule has 1 N–H and O–H groups in total. The molecule has 2 aromatic carbocycles. The van der Waals surface area contributed by atoms with Crippen LogP contribution < -0.4 is 9.64 Å². The van der Waals surface area contributed by atoms with E-state index < -0.39 is 35.1 Å². The number of carbonyl (C=O) groups excluding carboxylic acids is 2. The Hall–Kier alpha value is -3.52. The lowest BCUT2D eigenvalue weighted by atomic mass is 9.99. The molecule has 1 fully saturated rings. The number of Topliss-reactive ketones (excluding diaryl/α,β-unsaturated/α-hetero) is 1. The normalized spacial score (nSPS) is 17.9. The van der Waals surface area contributed by atoms with Crippen molar-refractivity contribution in [2.24, 2.45) is 0 Å². The molecule has 0 aliphatic carbocycles. The van der Waals surface area contributed by atoms with Crippen molar-refractivity contribution in [3.8, 4) is 5.75 Å². The Morgan fingerprint density at radius 2 is 1.87 bits per heavy atom. The number of amides is 1. The van der Waals surface area contributed by atoms with Crippen molar-refractivity contribution >= 4 is 34.5 Å². The summed E-state index contributed by atoms with van der Waals surface area (Å²) in [5.41, 5.74) is -0.269. The van der Waals surface area contributed by atoms with Crippen LogP contribution in [0.4, 0.5) is 14.5 Å². The van der Waals surface area contributed by atoms with Gasteiger partial charge in [-0.3, -0.25) is 14.5 Å². The number of carbonyl (C=O) groups is 2. The molecule has 158 valence electrons. The third kappa shape index (κ3) is 3.70. The highest BCUT2D eigenvalue weighted by atomic mass is 32.1. The molecule has 4 rings (SSSR count). The topological polar surface area (TPSA) is 66.8 Å². The van der Waals surface area contributed by atoms with Gasteiger partial charge in [-0.1, -0.05) is 6.07 Å². The summed E-state index contributed by atoms with van der Waals surface area (Å²) in [6, 6.07) is 11.3. The molecule has 31 heavy (non-hydrogen) atoms. The standard InChI is InChI=1S/C23H17F2NO4S/c1-2-30-15-8-5-13(6-9-15)21(27)19-20(18-4-3-11-31-18)26(23(29)22(19)28)17-12-14(24)7-10-16(17)25/h3-12,20,27H,2H2,1H3/b21-19-. The van der Waals surface area contributed by atoms with Crippen LogP contribution >= 0.6 is 11.3 Å². The summed E-state index contributed by atoms with van der Waals surface area (Å²) in [5.74, 6) is -3.46. The van der Waals surface area contributed by atoms with Crippen molar-refractivity contribution < 1.29 is 28.2 Å². The molecule has 5 nitrogen and oxygen atoms in total. The molecule has 1 saturated heterocycles. The first kappa shape index (κ1) is 20.7. The summed E-state index contributed by atoms with van der Waals surface area (Å²) in [6.07, 6.45) is 0. The molecule has 1 aliphatic heterocycles. The van der Waals surface area contributed by atoms with E-state index in [0.717, 1.165) is 23.1 Å². The highest BCUT2D eigenvalue weighted by molar-refractivity contribution is 7.10. The third-order valence-corrected chi connectivity index (χ3v) is 5.79. The molecule has 0 radical (unpaired) electrons. The Kier molecular flexibility index (Phi) is 5.56. The number of aliphatic hydroxyl groups is 1. The number of rotatable bonds is 5. The molecule has 1 aliphatic rings. The summed E-state index contributed by atoms with van der Waals surface area (Å²) in [4.78, 5) is 27.2. The highest BCUT2D eigenvalue weighted by Gasteiger charge is 2.48. The fourth-order valence-electron chi connectivity index (χ4n) is 3.50. The maximum atomic E-state index is 14.5. The first-order valence-electron chi connectivity index (χ1n) is 9.45. The molecule has 1 atom stereocenters. The third-order valence-electron chi connectivity index (χ3n) is 4.86. The molecule has 0 saturated carbocycles.